The maximum Gasteiger partial charge on any atom is 0.320 e. The summed E-state index contributed by atoms with van der Waals surface area (Å²) in [5.74, 6) is 1.73. The number of benzene rings is 1. The number of nitrogens with one attached hydrogen (secondary N) is 1. The van der Waals surface area contributed by atoms with Gasteiger partial charge in [0.2, 0.25) is 0 Å². The molecule has 1 aromatic heterocycles. The number of hydrogen-bond acceptors (Lipinski definition) is 4. The first kappa shape index (κ1) is 18.0. The molecule has 0 spiro atoms. The van der Waals surface area contributed by atoms with Crippen LogP contribution in [0.2, 0.25) is 0 Å². The molecule has 1 aliphatic heterocycles. The number of amides is 2. The van der Waals surface area contributed by atoms with Crippen molar-refractivity contribution in [2.75, 3.05) is 37.8 Å². The van der Waals surface area contributed by atoms with Gasteiger partial charge in [-0.2, -0.15) is 0 Å². The zero-order valence-electron chi connectivity index (χ0n) is 15.2. The lowest BCUT2D eigenvalue weighted by Gasteiger charge is -2.35. The Balaban J connectivity index is 1.39. The normalized spacial score (nSPS) is 14.2. The first-order valence-electron chi connectivity index (χ1n) is 9.17. The highest BCUT2D eigenvalue weighted by molar-refractivity contribution is 5.74. The highest BCUT2D eigenvalue weighted by atomic mass is 16.5. The van der Waals surface area contributed by atoms with Gasteiger partial charge >= 0.3 is 6.03 Å². The Labute approximate surface area is 154 Å². The number of carbonyl (C=O) groups is 1. The van der Waals surface area contributed by atoms with Crippen LogP contribution in [0, 0.1) is 0 Å². The fourth-order valence-corrected chi connectivity index (χ4v) is 3.01. The van der Waals surface area contributed by atoms with E-state index in [1.165, 1.54) is 5.56 Å². The van der Waals surface area contributed by atoms with E-state index in [-0.39, 0.29) is 12.8 Å². The minimum atomic E-state index is -0.0896. The number of aromatic nitrogens is 1. The van der Waals surface area contributed by atoms with Crippen molar-refractivity contribution < 1.29 is 9.53 Å². The largest absolute Gasteiger partial charge is 0.473 e. The van der Waals surface area contributed by atoms with Crippen LogP contribution in [0.15, 0.2) is 48.7 Å². The number of hydrogen-bond donors (Lipinski definition) is 1. The van der Waals surface area contributed by atoms with Gasteiger partial charge in [-0.25, -0.2) is 9.78 Å². The quantitative estimate of drug-likeness (QED) is 0.811. The van der Waals surface area contributed by atoms with Crippen molar-refractivity contribution in [1.82, 2.24) is 15.2 Å². The van der Waals surface area contributed by atoms with Crippen molar-refractivity contribution in [3.05, 3.63) is 54.2 Å². The van der Waals surface area contributed by atoms with Gasteiger partial charge in [-0.15, -0.1) is 0 Å². The Morgan fingerprint density at radius 2 is 1.88 bits per heavy atom. The summed E-state index contributed by atoms with van der Waals surface area (Å²) in [5, 5.41) is 2.83. The molecule has 0 aliphatic carbocycles. The van der Waals surface area contributed by atoms with Crippen LogP contribution in [0.25, 0.3) is 0 Å². The van der Waals surface area contributed by atoms with Crippen molar-refractivity contribution >= 4 is 11.8 Å². The number of nitrogens with zero attached hydrogens (tertiary/aromatic N) is 3. The van der Waals surface area contributed by atoms with E-state index >= 15 is 0 Å². The summed E-state index contributed by atoms with van der Waals surface area (Å²) in [6.45, 7) is 5.25. The molecule has 1 aliphatic rings. The Morgan fingerprint density at radius 3 is 2.54 bits per heavy atom. The summed E-state index contributed by atoms with van der Waals surface area (Å²) in [7, 11) is 0. The van der Waals surface area contributed by atoms with Crippen molar-refractivity contribution in [3.63, 3.8) is 0 Å². The van der Waals surface area contributed by atoms with E-state index in [2.05, 4.69) is 34.3 Å². The SMILES string of the molecule is CCCc1ccc(OCNC(=O)N2CCN(c3ccccn3)CC2)cc1. The van der Waals surface area contributed by atoms with Gasteiger partial charge in [-0.05, 0) is 36.2 Å². The number of piperazine rings is 1. The van der Waals surface area contributed by atoms with Crippen LogP contribution in [0.1, 0.15) is 18.9 Å². The van der Waals surface area contributed by atoms with Crippen LogP contribution in [-0.4, -0.2) is 48.8 Å². The number of urea groups is 1. The number of pyridine rings is 1. The molecule has 0 unspecified atom stereocenters. The van der Waals surface area contributed by atoms with Crippen molar-refractivity contribution in [2.24, 2.45) is 0 Å². The van der Waals surface area contributed by atoms with Gasteiger partial charge in [-0.1, -0.05) is 31.5 Å². The molecular formula is C20H26N4O2. The highest BCUT2D eigenvalue weighted by Gasteiger charge is 2.21. The van der Waals surface area contributed by atoms with Gasteiger partial charge in [0.05, 0.1) is 0 Å². The molecule has 0 radical (unpaired) electrons. The minimum absolute atomic E-state index is 0.0896. The fraction of sp³-hybridized carbons (Fsp3) is 0.400. The van der Waals surface area contributed by atoms with E-state index in [1.54, 1.807) is 6.20 Å². The standard InChI is InChI=1S/C20H26N4O2/c1-2-5-17-7-9-18(10-8-17)26-16-22-20(25)24-14-12-23(13-15-24)19-6-3-4-11-21-19/h3-4,6-11H,2,5,12-16H2,1H3,(H,22,25). The average Bonchev–Trinajstić information content (AvgIpc) is 2.70. The van der Waals surface area contributed by atoms with Gasteiger partial charge in [-0.3, -0.25) is 0 Å². The second-order valence-electron chi connectivity index (χ2n) is 6.33. The van der Waals surface area contributed by atoms with Crippen LogP contribution in [-0.2, 0) is 6.42 Å². The van der Waals surface area contributed by atoms with Crippen LogP contribution in [0.3, 0.4) is 0 Å². The lowest BCUT2D eigenvalue weighted by Crippen LogP contribution is -2.52. The van der Waals surface area contributed by atoms with Crippen LogP contribution >= 0.6 is 0 Å². The van der Waals surface area contributed by atoms with Gasteiger partial charge in [0.1, 0.15) is 11.6 Å². The lowest BCUT2D eigenvalue weighted by molar-refractivity contribution is 0.181. The fourth-order valence-electron chi connectivity index (χ4n) is 3.01. The average molecular weight is 354 g/mol. The first-order chi connectivity index (χ1) is 12.8. The summed E-state index contributed by atoms with van der Waals surface area (Å²) < 4.78 is 5.61. The van der Waals surface area contributed by atoms with Gasteiger partial charge in [0, 0.05) is 32.4 Å². The molecule has 2 aromatic rings. The highest BCUT2D eigenvalue weighted by Crippen LogP contribution is 2.14. The molecule has 1 aromatic carbocycles. The molecule has 138 valence electrons. The lowest BCUT2D eigenvalue weighted by atomic mass is 10.1. The molecule has 3 rings (SSSR count). The third-order valence-corrected chi connectivity index (χ3v) is 4.46. The van der Waals surface area contributed by atoms with E-state index in [0.29, 0.717) is 13.1 Å². The van der Waals surface area contributed by atoms with Gasteiger partial charge in [0.15, 0.2) is 6.73 Å². The second kappa shape index (κ2) is 9.08. The number of aryl methyl sites for hydroxylation is 1. The molecule has 0 bridgehead atoms. The third-order valence-electron chi connectivity index (χ3n) is 4.46. The summed E-state index contributed by atoms with van der Waals surface area (Å²) >= 11 is 0. The number of anilines is 1. The van der Waals surface area contributed by atoms with Crippen LogP contribution < -0.4 is 15.0 Å². The Bertz CT molecular complexity index is 683. The number of ether oxygens (including phenoxy) is 1. The zero-order valence-corrected chi connectivity index (χ0v) is 15.2. The maximum absolute atomic E-state index is 12.3. The Hall–Kier alpha value is -2.76. The predicted molar refractivity (Wildman–Crippen MR) is 102 cm³/mol. The monoisotopic (exact) mass is 354 g/mol. The van der Waals surface area contributed by atoms with Crippen LogP contribution in [0.4, 0.5) is 10.6 Å². The third kappa shape index (κ3) is 4.88. The summed E-state index contributed by atoms with van der Waals surface area (Å²) in [4.78, 5) is 20.6. The second-order valence-corrected chi connectivity index (χ2v) is 6.33. The molecule has 1 fully saturated rings. The molecule has 0 saturated carbocycles. The zero-order chi connectivity index (χ0) is 18.2. The molecule has 6 nitrogen and oxygen atoms in total. The Kier molecular flexibility index (Phi) is 6.30. The van der Waals surface area contributed by atoms with E-state index in [0.717, 1.165) is 37.5 Å². The van der Waals surface area contributed by atoms with Crippen LogP contribution in [0.5, 0.6) is 5.75 Å². The number of carbonyl (C=O) groups excluding carboxylic acids is 1. The van der Waals surface area contributed by atoms with Crippen molar-refractivity contribution in [2.45, 2.75) is 19.8 Å². The molecule has 1 saturated heterocycles. The molecule has 0 atom stereocenters. The molecule has 26 heavy (non-hydrogen) atoms. The minimum Gasteiger partial charge on any atom is -0.473 e. The molecule has 1 N–H and O–H groups in total. The first-order valence-corrected chi connectivity index (χ1v) is 9.17. The predicted octanol–water partition coefficient (Wildman–Crippen LogP) is 2.90. The molecule has 2 heterocycles. The van der Waals surface area contributed by atoms with Gasteiger partial charge < -0.3 is 19.9 Å². The summed E-state index contributed by atoms with van der Waals surface area (Å²) in [6.07, 6.45) is 3.99. The van der Waals surface area contributed by atoms with E-state index in [1.807, 2.05) is 35.2 Å². The van der Waals surface area contributed by atoms with Crippen molar-refractivity contribution in [1.29, 1.82) is 0 Å². The maximum atomic E-state index is 12.3. The van der Waals surface area contributed by atoms with Crippen molar-refractivity contribution in [3.8, 4) is 5.75 Å². The van der Waals surface area contributed by atoms with E-state index in [9.17, 15) is 4.79 Å². The molecule has 2 amide bonds. The summed E-state index contributed by atoms with van der Waals surface area (Å²) in [6, 6.07) is 13.8. The summed E-state index contributed by atoms with van der Waals surface area (Å²) in [5.41, 5.74) is 1.30. The topological polar surface area (TPSA) is 57.7 Å². The van der Waals surface area contributed by atoms with E-state index < -0.39 is 0 Å². The van der Waals surface area contributed by atoms with E-state index in [4.69, 9.17) is 4.74 Å². The molecular weight excluding hydrogens is 328 g/mol. The number of rotatable bonds is 6. The molecule has 6 heteroatoms. The Morgan fingerprint density at radius 1 is 1.12 bits per heavy atom. The smallest absolute Gasteiger partial charge is 0.320 e. The van der Waals surface area contributed by atoms with Gasteiger partial charge in [0.25, 0.3) is 0 Å².